The fourth-order valence-corrected chi connectivity index (χ4v) is 3.92. The van der Waals surface area contributed by atoms with E-state index in [1.54, 1.807) is 6.07 Å². The second-order valence-electron chi connectivity index (χ2n) is 4.82. The van der Waals surface area contributed by atoms with E-state index in [1.165, 1.54) is 24.3 Å². The van der Waals surface area contributed by atoms with E-state index in [0.29, 0.717) is 10.8 Å². The van der Waals surface area contributed by atoms with Crippen molar-refractivity contribution in [3.05, 3.63) is 30.3 Å². The molecule has 1 aliphatic rings. The molecule has 1 saturated heterocycles. The molecular weight excluding hydrogens is 310 g/mol. The van der Waals surface area contributed by atoms with Gasteiger partial charge in [-0.05, 0) is 25.0 Å². The molecule has 22 heavy (non-hydrogen) atoms. The van der Waals surface area contributed by atoms with E-state index in [4.69, 9.17) is 5.73 Å². The van der Waals surface area contributed by atoms with Gasteiger partial charge < -0.3 is 10.8 Å². The number of carbonyl (C=O) groups excluding carboxylic acids is 1. The number of benzene rings is 1. The lowest BCUT2D eigenvalue weighted by Gasteiger charge is -2.33. The van der Waals surface area contributed by atoms with E-state index in [9.17, 15) is 23.1 Å². The molecule has 120 valence electrons. The van der Waals surface area contributed by atoms with Gasteiger partial charge in [-0.15, -0.1) is 0 Å². The van der Waals surface area contributed by atoms with Crippen LogP contribution in [0.4, 0.5) is 0 Å². The van der Waals surface area contributed by atoms with Crippen molar-refractivity contribution < 1.29 is 23.1 Å². The largest absolute Gasteiger partial charge is 0.480 e. The Morgan fingerprint density at radius 2 is 1.95 bits per heavy atom. The number of hydrogen-bond donors (Lipinski definition) is 2. The van der Waals surface area contributed by atoms with Crippen LogP contribution in [-0.2, 0) is 19.6 Å². The number of sulfonamides is 1. The van der Waals surface area contributed by atoms with Gasteiger partial charge in [0.15, 0.2) is 0 Å². The molecule has 1 aromatic rings. The smallest absolute Gasteiger partial charge is 0.322 e. The summed E-state index contributed by atoms with van der Waals surface area (Å²) in [4.78, 5) is 23.3. The van der Waals surface area contributed by atoms with Crippen molar-refractivity contribution in [2.75, 3.05) is 13.1 Å². The molecule has 0 bridgehead atoms. The Kier molecular flexibility index (Phi) is 4.79. The second-order valence-corrected chi connectivity index (χ2v) is 6.59. The minimum atomic E-state index is -4.20. The van der Waals surface area contributed by atoms with Crippen LogP contribution in [-0.4, -0.2) is 54.0 Å². The zero-order valence-electron chi connectivity index (χ0n) is 11.8. The van der Waals surface area contributed by atoms with Gasteiger partial charge in [0.1, 0.15) is 6.04 Å². The zero-order chi connectivity index (χ0) is 16.3. The Morgan fingerprint density at radius 1 is 1.32 bits per heavy atom. The highest BCUT2D eigenvalue weighted by molar-refractivity contribution is 7.89. The highest BCUT2D eigenvalue weighted by atomic mass is 32.2. The molecular formula is C13H17N3O5S. The van der Waals surface area contributed by atoms with Crippen molar-refractivity contribution in [3.63, 3.8) is 0 Å². The maximum Gasteiger partial charge on any atom is 0.322 e. The number of hydrogen-bond acceptors (Lipinski definition) is 6. The van der Waals surface area contributed by atoms with E-state index in [0.717, 1.165) is 5.01 Å². The van der Waals surface area contributed by atoms with E-state index >= 15 is 0 Å². The molecule has 0 saturated carbocycles. The molecule has 3 N–H and O–H groups in total. The highest BCUT2D eigenvalue weighted by Crippen LogP contribution is 2.25. The minimum absolute atomic E-state index is 0.0900. The lowest BCUT2D eigenvalue weighted by atomic mass is 10.2. The average molecular weight is 327 g/mol. The van der Waals surface area contributed by atoms with Gasteiger partial charge in [0.05, 0.1) is 11.4 Å². The molecule has 1 unspecified atom stereocenters. The van der Waals surface area contributed by atoms with Crippen LogP contribution in [0.15, 0.2) is 35.2 Å². The third kappa shape index (κ3) is 2.96. The molecule has 0 radical (unpaired) electrons. The van der Waals surface area contributed by atoms with E-state index in [1.807, 2.05) is 0 Å². The number of hydrazine groups is 1. The fraction of sp³-hybridized carbons (Fsp3) is 0.385. The second kappa shape index (κ2) is 6.42. The first-order valence-corrected chi connectivity index (χ1v) is 8.16. The molecule has 1 aromatic carbocycles. The van der Waals surface area contributed by atoms with E-state index in [-0.39, 0.29) is 17.9 Å². The summed E-state index contributed by atoms with van der Waals surface area (Å²) in [5.74, 6) is -2.03. The van der Waals surface area contributed by atoms with Crippen LogP contribution in [0, 0.1) is 0 Å². The summed E-state index contributed by atoms with van der Waals surface area (Å²) in [5.41, 5.74) is 5.31. The Morgan fingerprint density at radius 3 is 2.50 bits per heavy atom. The maximum atomic E-state index is 12.7. The first-order valence-electron chi connectivity index (χ1n) is 6.72. The van der Waals surface area contributed by atoms with Crippen LogP contribution < -0.4 is 5.73 Å². The van der Waals surface area contributed by atoms with Gasteiger partial charge in [0, 0.05) is 6.54 Å². The number of carboxylic acid groups (broad SMARTS) is 1. The van der Waals surface area contributed by atoms with Crippen molar-refractivity contribution in [2.45, 2.75) is 23.8 Å². The zero-order valence-corrected chi connectivity index (χ0v) is 12.6. The first-order chi connectivity index (χ1) is 10.4. The number of carboxylic acids is 1. The summed E-state index contributed by atoms with van der Waals surface area (Å²) in [6.07, 6.45) is 0.754. The van der Waals surface area contributed by atoms with Crippen molar-refractivity contribution in [2.24, 2.45) is 5.73 Å². The number of nitrogens with zero attached hydrogens (tertiary/aromatic N) is 2. The molecule has 8 nitrogen and oxygen atoms in total. The maximum absolute atomic E-state index is 12.7. The van der Waals surface area contributed by atoms with Gasteiger partial charge in [-0.1, -0.05) is 18.2 Å². The minimum Gasteiger partial charge on any atom is -0.480 e. The molecule has 2 rings (SSSR count). The molecule has 1 aliphatic heterocycles. The van der Waals surface area contributed by atoms with Crippen LogP contribution in [0.1, 0.15) is 12.8 Å². The van der Waals surface area contributed by atoms with Gasteiger partial charge in [0.25, 0.3) is 15.9 Å². The highest BCUT2D eigenvalue weighted by Gasteiger charge is 2.42. The van der Waals surface area contributed by atoms with Gasteiger partial charge >= 0.3 is 5.97 Å². The molecule has 0 spiro atoms. The average Bonchev–Trinajstić information content (AvgIpc) is 2.97. The first kappa shape index (κ1) is 16.4. The van der Waals surface area contributed by atoms with Crippen LogP contribution in [0.5, 0.6) is 0 Å². The van der Waals surface area contributed by atoms with E-state index in [2.05, 4.69) is 0 Å². The van der Waals surface area contributed by atoms with Gasteiger partial charge in [-0.25, -0.2) is 0 Å². The molecule has 1 atom stereocenters. The van der Waals surface area contributed by atoms with Crippen LogP contribution in [0.25, 0.3) is 0 Å². The Balaban J connectivity index is 2.47. The third-order valence-corrected chi connectivity index (χ3v) is 5.14. The normalized spacial score (nSPS) is 19.0. The van der Waals surface area contributed by atoms with Crippen molar-refractivity contribution in [1.82, 2.24) is 9.42 Å². The Bertz CT molecular complexity index is 662. The van der Waals surface area contributed by atoms with Crippen molar-refractivity contribution >= 4 is 21.9 Å². The summed E-state index contributed by atoms with van der Waals surface area (Å²) in [7, 11) is -4.20. The number of rotatable bonds is 5. The number of amides is 1. The molecule has 1 amide bonds. The topological polar surface area (TPSA) is 121 Å². The number of carbonyl (C=O) groups is 2. The predicted molar refractivity (Wildman–Crippen MR) is 76.9 cm³/mol. The Labute approximate surface area is 128 Å². The molecule has 0 aliphatic carbocycles. The molecule has 1 fully saturated rings. The van der Waals surface area contributed by atoms with Gasteiger partial charge in [-0.3, -0.25) is 9.59 Å². The summed E-state index contributed by atoms with van der Waals surface area (Å²) in [6, 6.07) is 6.32. The summed E-state index contributed by atoms with van der Waals surface area (Å²) >= 11 is 0. The van der Waals surface area contributed by atoms with Crippen LogP contribution in [0.3, 0.4) is 0 Å². The summed E-state index contributed by atoms with van der Waals surface area (Å²) in [5, 5.41) is 10.3. The van der Waals surface area contributed by atoms with Crippen molar-refractivity contribution in [3.8, 4) is 0 Å². The molecule has 9 heteroatoms. The summed E-state index contributed by atoms with van der Waals surface area (Å²) < 4.78 is 25.9. The van der Waals surface area contributed by atoms with Crippen LogP contribution >= 0.6 is 0 Å². The fourth-order valence-electron chi connectivity index (χ4n) is 2.41. The predicted octanol–water partition coefficient (Wildman–Crippen LogP) is -0.373. The van der Waals surface area contributed by atoms with Crippen molar-refractivity contribution in [1.29, 1.82) is 0 Å². The summed E-state index contributed by atoms with van der Waals surface area (Å²) in [6.45, 7) is -0.371. The third-order valence-electron chi connectivity index (χ3n) is 3.40. The quantitative estimate of drug-likeness (QED) is 0.756. The monoisotopic (exact) mass is 327 g/mol. The van der Waals surface area contributed by atoms with E-state index < -0.39 is 34.5 Å². The standard InChI is InChI=1S/C13H17N3O5S/c14-9-12(17)16(15-8-4-7-11(15)13(18)19)22(20,21)10-5-2-1-3-6-10/h1-3,5-6,11H,4,7-9,14H2,(H,18,19). The SMILES string of the molecule is NCC(=O)N(N1CCCC1C(=O)O)S(=O)(=O)c1ccccc1. The number of nitrogens with two attached hydrogens (primary N) is 1. The van der Waals surface area contributed by atoms with Gasteiger partial charge in [0.2, 0.25) is 0 Å². The lowest BCUT2D eigenvalue weighted by molar-refractivity contribution is -0.150. The lowest BCUT2D eigenvalue weighted by Crippen LogP contribution is -2.55. The number of aliphatic carboxylic acids is 1. The molecule has 0 aromatic heterocycles. The molecule has 1 heterocycles. The van der Waals surface area contributed by atoms with Gasteiger partial charge in [-0.2, -0.15) is 17.8 Å². The Hall–Kier alpha value is -1.97. The van der Waals surface area contributed by atoms with Crippen LogP contribution in [0.2, 0.25) is 0 Å².